The summed E-state index contributed by atoms with van der Waals surface area (Å²) < 4.78 is 13.0. The van der Waals surface area contributed by atoms with Crippen molar-refractivity contribution in [1.29, 1.82) is 0 Å². The monoisotopic (exact) mass is 312 g/mol. The number of amides is 1. The van der Waals surface area contributed by atoms with Crippen LogP contribution in [0.25, 0.3) is 0 Å². The van der Waals surface area contributed by atoms with Gasteiger partial charge in [0.1, 0.15) is 11.5 Å². The fraction of sp³-hybridized carbons (Fsp3) is 0.278. The van der Waals surface area contributed by atoms with Gasteiger partial charge >= 0.3 is 0 Å². The molecule has 1 aliphatic heterocycles. The summed E-state index contributed by atoms with van der Waals surface area (Å²) in [5.74, 6) is -0.794. The third kappa shape index (κ3) is 3.44. The summed E-state index contributed by atoms with van der Waals surface area (Å²) in [6.45, 7) is 0.994. The first-order valence-corrected chi connectivity index (χ1v) is 7.65. The van der Waals surface area contributed by atoms with Crippen molar-refractivity contribution in [3.05, 3.63) is 65.7 Å². The van der Waals surface area contributed by atoms with Gasteiger partial charge < -0.3 is 4.90 Å². The van der Waals surface area contributed by atoms with Crippen LogP contribution in [0.15, 0.2) is 48.7 Å². The summed E-state index contributed by atoms with van der Waals surface area (Å²) in [6.07, 6.45) is 3.12. The molecule has 0 radical (unpaired) electrons. The molecule has 0 spiro atoms. The van der Waals surface area contributed by atoms with Crippen molar-refractivity contribution in [3.8, 4) is 0 Å². The van der Waals surface area contributed by atoms with Crippen molar-refractivity contribution in [2.24, 2.45) is 5.92 Å². The quantitative estimate of drug-likeness (QED) is 0.819. The van der Waals surface area contributed by atoms with Crippen LogP contribution in [-0.2, 0) is 0 Å². The van der Waals surface area contributed by atoms with E-state index in [1.807, 2.05) is 0 Å². The number of rotatable bonds is 3. The Morgan fingerprint density at radius 2 is 1.91 bits per heavy atom. The van der Waals surface area contributed by atoms with Gasteiger partial charge in [0.25, 0.3) is 5.91 Å². The molecule has 3 rings (SSSR count). The zero-order chi connectivity index (χ0) is 16.2. The van der Waals surface area contributed by atoms with Gasteiger partial charge in [0.2, 0.25) is 0 Å². The second-order valence-corrected chi connectivity index (χ2v) is 5.68. The Bertz CT molecular complexity index is 701. The maximum atomic E-state index is 13.0. The first-order valence-electron chi connectivity index (χ1n) is 7.65. The van der Waals surface area contributed by atoms with E-state index in [1.54, 1.807) is 29.3 Å². The second-order valence-electron chi connectivity index (χ2n) is 5.68. The summed E-state index contributed by atoms with van der Waals surface area (Å²) in [5, 5.41) is 0. The fourth-order valence-corrected chi connectivity index (χ4v) is 2.87. The number of likely N-dealkylation sites (tertiary alicyclic amines) is 1. The minimum absolute atomic E-state index is 0.0257. The lowest BCUT2D eigenvalue weighted by Crippen LogP contribution is -2.42. The Kier molecular flexibility index (Phi) is 4.46. The van der Waals surface area contributed by atoms with Crippen LogP contribution in [-0.4, -0.2) is 34.7 Å². The molecule has 1 unspecified atom stereocenters. The van der Waals surface area contributed by atoms with Crippen LogP contribution in [0.3, 0.4) is 0 Å². The molecule has 23 heavy (non-hydrogen) atoms. The Balaban J connectivity index is 1.72. The third-order valence-corrected chi connectivity index (χ3v) is 4.09. The molecule has 2 heterocycles. The number of carbonyl (C=O) groups excluding carboxylic acids is 2. The Hall–Kier alpha value is -2.56. The smallest absolute Gasteiger partial charge is 0.253 e. The molecule has 1 amide bonds. The van der Waals surface area contributed by atoms with Gasteiger partial charge in [0, 0.05) is 30.8 Å². The first kappa shape index (κ1) is 15.3. The predicted octanol–water partition coefficient (Wildman–Crippen LogP) is 2.96. The van der Waals surface area contributed by atoms with Crippen molar-refractivity contribution >= 4 is 11.7 Å². The number of carbonyl (C=O) groups is 2. The lowest BCUT2D eigenvalue weighted by Gasteiger charge is -2.32. The number of piperidine rings is 1. The van der Waals surface area contributed by atoms with Crippen molar-refractivity contribution < 1.29 is 14.0 Å². The van der Waals surface area contributed by atoms with E-state index >= 15 is 0 Å². The van der Waals surface area contributed by atoms with Gasteiger partial charge in [0.15, 0.2) is 5.78 Å². The molecule has 1 aromatic heterocycles. The molecule has 0 aliphatic carbocycles. The van der Waals surface area contributed by atoms with Crippen molar-refractivity contribution in [1.82, 2.24) is 9.88 Å². The van der Waals surface area contributed by atoms with E-state index in [4.69, 9.17) is 0 Å². The highest BCUT2D eigenvalue weighted by atomic mass is 19.1. The summed E-state index contributed by atoms with van der Waals surface area (Å²) in [4.78, 5) is 30.8. The molecule has 5 heteroatoms. The van der Waals surface area contributed by atoms with Gasteiger partial charge in [-0.15, -0.1) is 0 Å². The Morgan fingerprint density at radius 1 is 1.13 bits per heavy atom. The molecule has 1 aromatic carbocycles. The van der Waals surface area contributed by atoms with Crippen LogP contribution in [0.2, 0.25) is 0 Å². The molecule has 1 atom stereocenters. The number of hydrogen-bond donors (Lipinski definition) is 0. The minimum Gasteiger partial charge on any atom is -0.338 e. The maximum Gasteiger partial charge on any atom is 0.253 e. The van der Waals surface area contributed by atoms with E-state index < -0.39 is 0 Å². The molecule has 1 aliphatic rings. The summed E-state index contributed by atoms with van der Waals surface area (Å²) in [6, 6.07) is 10.7. The molecule has 0 saturated carbocycles. The van der Waals surface area contributed by atoms with Crippen LogP contribution in [0.4, 0.5) is 4.39 Å². The van der Waals surface area contributed by atoms with E-state index in [2.05, 4.69) is 4.98 Å². The van der Waals surface area contributed by atoms with E-state index in [9.17, 15) is 14.0 Å². The SMILES string of the molecule is O=C(c1ccccn1)C1CCCN(C(=O)c2ccc(F)cc2)C1. The van der Waals surface area contributed by atoms with E-state index in [0.717, 1.165) is 12.8 Å². The maximum absolute atomic E-state index is 13.0. The van der Waals surface area contributed by atoms with Gasteiger partial charge in [-0.2, -0.15) is 0 Å². The molecule has 4 nitrogen and oxygen atoms in total. The fourth-order valence-electron chi connectivity index (χ4n) is 2.87. The number of hydrogen-bond acceptors (Lipinski definition) is 3. The van der Waals surface area contributed by atoms with Crippen LogP contribution in [0.5, 0.6) is 0 Å². The molecule has 1 saturated heterocycles. The minimum atomic E-state index is -0.372. The van der Waals surface area contributed by atoms with Gasteiger partial charge in [0.05, 0.1) is 0 Å². The van der Waals surface area contributed by atoms with Gasteiger partial charge in [-0.1, -0.05) is 6.07 Å². The van der Waals surface area contributed by atoms with Gasteiger partial charge in [-0.25, -0.2) is 4.39 Å². The zero-order valence-corrected chi connectivity index (χ0v) is 12.6. The second kappa shape index (κ2) is 6.69. The normalized spacial score (nSPS) is 17.8. The number of aromatic nitrogens is 1. The standard InChI is InChI=1S/C18H17FN2O2/c19-15-8-6-13(7-9-15)18(23)21-11-3-4-14(12-21)17(22)16-5-1-2-10-20-16/h1-2,5-10,14H,3-4,11-12H2. The van der Waals surface area contributed by atoms with Crippen LogP contribution in [0, 0.1) is 11.7 Å². The molecular weight excluding hydrogens is 295 g/mol. The molecule has 2 aromatic rings. The molecular formula is C18H17FN2O2. The summed E-state index contributed by atoms with van der Waals surface area (Å²) in [7, 11) is 0. The molecule has 0 bridgehead atoms. The highest BCUT2D eigenvalue weighted by molar-refractivity contribution is 5.98. The number of benzene rings is 1. The highest BCUT2D eigenvalue weighted by Gasteiger charge is 2.29. The Labute approximate surface area is 134 Å². The summed E-state index contributed by atoms with van der Waals surface area (Å²) in [5.41, 5.74) is 0.880. The number of ketones is 1. The number of Topliss-reactive ketones (excluding diaryl/α,β-unsaturated/α-hetero) is 1. The van der Waals surface area contributed by atoms with E-state index in [0.29, 0.717) is 24.3 Å². The first-order chi connectivity index (χ1) is 11.1. The van der Waals surface area contributed by atoms with Crippen LogP contribution < -0.4 is 0 Å². The molecule has 1 fully saturated rings. The van der Waals surface area contributed by atoms with Crippen LogP contribution in [0.1, 0.15) is 33.7 Å². The average molecular weight is 312 g/mol. The number of halogens is 1. The van der Waals surface area contributed by atoms with Gasteiger partial charge in [-0.05, 0) is 49.2 Å². The average Bonchev–Trinajstić information content (AvgIpc) is 2.62. The lowest BCUT2D eigenvalue weighted by molar-refractivity contribution is 0.0635. The zero-order valence-electron chi connectivity index (χ0n) is 12.6. The third-order valence-electron chi connectivity index (χ3n) is 4.09. The molecule has 118 valence electrons. The predicted molar refractivity (Wildman–Crippen MR) is 83.6 cm³/mol. The van der Waals surface area contributed by atoms with E-state index in [-0.39, 0.29) is 23.4 Å². The topological polar surface area (TPSA) is 50.3 Å². The number of pyridine rings is 1. The lowest BCUT2D eigenvalue weighted by atomic mass is 9.91. The summed E-state index contributed by atoms with van der Waals surface area (Å²) >= 11 is 0. The Morgan fingerprint density at radius 3 is 2.61 bits per heavy atom. The van der Waals surface area contributed by atoms with Crippen LogP contribution >= 0.6 is 0 Å². The largest absolute Gasteiger partial charge is 0.338 e. The van der Waals surface area contributed by atoms with Crippen molar-refractivity contribution in [2.75, 3.05) is 13.1 Å². The number of nitrogens with zero attached hydrogens (tertiary/aromatic N) is 2. The van der Waals surface area contributed by atoms with Gasteiger partial charge in [-0.3, -0.25) is 14.6 Å². The molecule has 0 N–H and O–H groups in total. The van der Waals surface area contributed by atoms with Crippen molar-refractivity contribution in [2.45, 2.75) is 12.8 Å². The highest BCUT2D eigenvalue weighted by Crippen LogP contribution is 2.22. The van der Waals surface area contributed by atoms with E-state index in [1.165, 1.54) is 24.3 Å². The van der Waals surface area contributed by atoms with Crippen molar-refractivity contribution in [3.63, 3.8) is 0 Å².